The number of halogens is 2. The van der Waals surface area contributed by atoms with Gasteiger partial charge in [-0.1, -0.05) is 17.7 Å². The first-order chi connectivity index (χ1) is 15.1. The molecule has 1 fully saturated rings. The maximum absolute atomic E-state index is 13.2. The molecular weight excluding hydrogens is 417 g/mol. The van der Waals surface area contributed by atoms with Gasteiger partial charge in [0.15, 0.2) is 11.5 Å². The van der Waals surface area contributed by atoms with Gasteiger partial charge in [0.2, 0.25) is 0 Å². The Morgan fingerprint density at radius 3 is 2.45 bits per heavy atom. The number of rotatable bonds is 3. The highest BCUT2D eigenvalue weighted by molar-refractivity contribution is 6.30. The van der Waals surface area contributed by atoms with Crippen LogP contribution in [0.1, 0.15) is 10.4 Å². The van der Waals surface area contributed by atoms with Crippen molar-refractivity contribution in [3.8, 4) is 11.4 Å². The maximum Gasteiger partial charge on any atom is 0.254 e. The van der Waals surface area contributed by atoms with Gasteiger partial charge >= 0.3 is 0 Å². The van der Waals surface area contributed by atoms with Crippen molar-refractivity contribution >= 4 is 28.8 Å². The Morgan fingerprint density at radius 2 is 1.71 bits per heavy atom. The molecule has 8 heteroatoms. The second-order valence-electron chi connectivity index (χ2n) is 7.43. The Balaban J connectivity index is 1.32. The largest absolute Gasteiger partial charge is 0.368 e. The Morgan fingerprint density at radius 1 is 0.935 bits per heavy atom. The van der Waals surface area contributed by atoms with Crippen LogP contribution in [-0.2, 0) is 0 Å². The third-order valence-electron chi connectivity index (χ3n) is 5.50. The third kappa shape index (κ3) is 3.84. The molecular formula is C23H19ClFN5O. The van der Waals surface area contributed by atoms with Gasteiger partial charge in [0, 0.05) is 54.2 Å². The molecule has 0 aliphatic carbocycles. The number of nitrogens with zero attached hydrogens (tertiary/aromatic N) is 5. The predicted octanol–water partition coefficient (Wildman–Crippen LogP) is 4.15. The molecule has 0 saturated carbocycles. The zero-order valence-corrected chi connectivity index (χ0v) is 17.3. The molecule has 0 spiro atoms. The van der Waals surface area contributed by atoms with Crippen LogP contribution in [0, 0.1) is 5.82 Å². The van der Waals surface area contributed by atoms with Gasteiger partial charge in [0.05, 0.1) is 0 Å². The third-order valence-corrected chi connectivity index (χ3v) is 5.73. The molecule has 31 heavy (non-hydrogen) atoms. The quantitative estimate of drug-likeness (QED) is 0.485. The first-order valence-corrected chi connectivity index (χ1v) is 10.4. The van der Waals surface area contributed by atoms with Crippen molar-refractivity contribution < 1.29 is 9.18 Å². The van der Waals surface area contributed by atoms with Crippen molar-refractivity contribution in [2.24, 2.45) is 0 Å². The van der Waals surface area contributed by atoms with Crippen LogP contribution in [0.4, 0.5) is 10.1 Å². The van der Waals surface area contributed by atoms with E-state index in [0.29, 0.717) is 35.1 Å². The molecule has 1 saturated heterocycles. The average Bonchev–Trinajstić information content (AvgIpc) is 3.22. The van der Waals surface area contributed by atoms with Crippen LogP contribution in [0.2, 0.25) is 5.02 Å². The fraction of sp³-hybridized carbons (Fsp3) is 0.174. The van der Waals surface area contributed by atoms with Crippen LogP contribution in [0.3, 0.4) is 0 Å². The van der Waals surface area contributed by atoms with E-state index < -0.39 is 0 Å². The predicted molar refractivity (Wildman–Crippen MR) is 118 cm³/mol. The number of amides is 1. The van der Waals surface area contributed by atoms with Crippen molar-refractivity contribution in [1.82, 2.24) is 19.5 Å². The molecule has 0 unspecified atom stereocenters. The van der Waals surface area contributed by atoms with E-state index in [1.807, 2.05) is 29.2 Å². The summed E-state index contributed by atoms with van der Waals surface area (Å²) >= 11 is 6.10. The van der Waals surface area contributed by atoms with Gasteiger partial charge in [0.1, 0.15) is 5.82 Å². The van der Waals surface area contributed by atoms with Crippen molar-refractivity contribution in [3.63, 3.8) is 0 Å². The van der Waals surface area contributed by atoms with Crippen molar-refractivity contribution in [2.75, 3.05) is 31.1 Å². The van der Waals surface area contributed by atoms with E-state index in [1.165, 1.54) is 12.1 Å². The second-order valence-corrected chi connectivity index (χ2v) is 7.87. The summed E-state index contributed by atoms with van der Waals surface area (Å²) in [5.74, 6) is 0.268. The number of carbonyl (C=O) groups excluding carboxylic acids is 1. The summed E-state index contributed by atoms with van der Waals surface area (Å²) in [6.07, 6.45) is 1.78. The van der Waals surface area contributed by atoms with Crippen LogP contribution in [-0.4, -0.2) is 51.6 Å². The van der Waals surface area contributed by atoms with Crippen LogP contribution in [0.5, 0.6) is 0 Å². The zero-order chi connectivity index (χ0) is 21.4. The number of anilines is 1. The molecule has 5 rings (SSSR count). The van der Waals surface area contributed by atoms with Crippen LogP contribution >= 0.6 is 11.6 Å². The SMILES string of the molecule is O=C(c1ccn2c(-c3ccc(F)cc3)nnc2c1)N1CCN(c2cccc(Cl)c2)CC1. The molecule has 156 valence electrons. The molecule has 0 radical (unpaired) electrons. The highest BCUT2D eigenvalue weighted by Gasteiger charge is 2.23. The van der Waals surface area contributed by atoms with E-state index in [2.05, 4.69) is 15.1 Å². The Bertz CT molecular complexity index is 1250. The van der Waals surface area contributed by atoms with Crippen molar-refractivity contribution in [3.05, 3.63) is 83.3 Å². The van der Waals surface area contributed by atoms with Gasteiger partial charge in [0.25, 0.3) is 5.91 Å². The number of fused-ring (bicyclic) bond motifs is 1. The molecule has 1 aliphatic rings. The summed E-state index contributed by atoms with van der Waals surface area (Å²) in [5, 5.41) is 9.11. The fourth-order valence-electron chi connectivity index (χ4n) is 3.84. The lowest BCUT2D eigenvalue weighted by molar-refractivity contribution is 0.0746. The summed E-state index contributed by atoms with van der Waals surface area (Å²) in [4.78, 5) is 17.1. The van der Waals surface area contributed by atoms with Crippen LogP contribution in [0.15, 0.2) is 66.9 Å². The standard InChI is InChI=1S/C23H19ClFN5O/c24-18-2-1-3-20(15-18)28-10-12-29(13-11-28)23(31)17-8-9-30-21(14-17)26-27-22(30)16-4-6-19(25)7-5-16/h1-9,14-15H,10-13H2. The molecule has 1 amide bonds. The number of hydrogen-bond donors (Lipinski definition) is 0. The first-order valence-electron chi connectivity index (χ1n) is 9.99. The van der Waals surface area contributed by atoms with Gasteiger partial charge in [-0.15, -0.1) is 10.2 Å². The van der Waals surface area contributed by atoms with E-state index in [9.17, 15) is 9.18 Å². The van der Waals surface area contributed by atoms with E-state index in [4.69, 9.17) is 11.6 Å². The van der Waals surface area contributed by atoms with Gasteiger partial charge in [-0.3, -0.25) is 9.20 Å². The lowest BCUT2D eigenvalue weighted by Crippen LogP contribution is -2.48. The highest BCUT2D eigenvalue weighted by atomic mass is 35.5. The summed E-state index contributed by atoms with van der Waals surface area (Å²) in [5.41, 5.74) is 2.97. The molecule has 0 bridgehead atoms. The number of piperazine rings is 1. The number of aromatic nitrogens is 3. The Hall–Kier alpha value is -3.45. The Kier molecular flexibility index (Phi) is 5.03. The molecule has 6 nitrogen and oxygen atoms in total. The normalized spacial score (nSPS) is 14.3. The number of benzene rings is 2. The molecule has 2 aromatic heterocycles. The van der Waals surface area contributed by atoms with E-state index in [1.54, 1.807) is 34.9 Å². The fourth-order valence-corrected chi connectivity index (χ4v) is 4.03. The second kappa shape index (κ2) is 8.00. The van der Waals surface area contributed by atoms with Gasteiger partial charge in [-0.05, 0) is 54.6 Å². The van der Waals surface area contributed by atoms with Gasteiger partial charge in [-0.2, -0.15) is 0 Å². The minimum absolute atomic E-state index is 0.0282. The van der Waals surface area contributed by atoms with Crippen molar-refractivity contribution in [2.45, 2.75) is 0 Å². The van der Waals surface area contributed by atoms with E-state index >= 15 is 0 Å². The first kappa shape index (κ1) is 19.5. The monoisotopic (exact) mass is 435 g/mol. The molecule has 3 heterocycles. The average molecular weight is 436 g/mol. The molecule has 0 atom stereocenters. The minimum atomic E-state index is -0.305. The summed E-state index contributed by atoms with van der Waals surface area (Å²) in [7, 11) is 0. The van der Waals surface area contributed by atoms with E-state index in [-0.39, 0.29) is 11.7 Å². The van der Waals surface area contributed by atoms with Gasteiger partial charge in [-0.25, -0.2) is 4.39 Å². The summed E-state index contributed by atoms with van der Waals surface area (Å²) < 4.78 is 15.0. The number of carbonyl (C=O) groups is 1. The minimum Gasteiger partial charge on any atom is -0.368 e. The summed E-state index contributed by atoms with van der Waals surface area (Å²) in [6, 6.07) is 17.4. The van der Waals surface area contributed by atoms with Crippen LogP contribution < -0.4 is 4.90 Å². The molecule has 2 aromatic carbocycles. The number of pyridine rings is 1. The summed E-state index contributed by atoms with van der Waals surface area (Å²) in [6.45, 7) is 2.75. The van der Waals surface area contributed by atoms with Crippen LogP contribution in [0.25, 0.3) is 17.0 Å². The number of hydrogen-bond acceptors (Lipinski definition) is 4. The molecule has 1 aliphatic heterocycles. The molecule has 4 aromatic rings. The lowest BCUT2D eigenvalue weighted by Gasteiger charge is -2.36. The van der Waals surface area contributed by atoms with E-state index in [0.717, 1.165) is 24.3 Å². The lowest BCUT2D eigenvalue weighted by atomic mass is 10.2. The topological polar surface area (TPSA) is 53.7 Å². The van der Waals surface area contributed by atoms with Crippen molar-refractivity contribution in [1.29, 1.82) is 0 Å². The highest BCUT2D eigenvalue weighted by Crippen LogP contribution is 2.22. The zero-order valence-electron chi connectivity index (χ0n) is 16.6. The molecule has 0 N–H and O–H groups in total. The smallest absolute Gasteiger partial charge is 0.254 e. The maximum atomic E-state index is 13.2. The van der Waals surface area contributed by atoms with Gasteiger partial charge < -0.3 is 9.80 Å². The Labute approximate surface area is 183 Å².